The molecule has 1 aliphatic rings. The van der Waals surface area contributed by atoms with Gasteiger partial charge in [0.15, 0.2) is 5.78 Å². The number of hydrogen-bond acceptors (Lipinski definition) is 4. The number of carboxylic acids is 1. The van der Waals surface area contributed by atoms with Crippen LogP contribution in [-0.4, -0.2) is 29.9 Å². The van der Waals surface area contributed by atoms with Crippen molar-refractivity contribution < 1.29 is 14.7 Å². The van der Waals surface area contributed by atoms with Gasteiger partial charge in [-0.1, -0.05) is 0 Å². The number of rotatable bonds is 3. The molecule has 104 valence electrons. The average Bonchev–Trinajstić information content (AvgIpc) is 2.46. The first-order valence-corrected chi connectivity index (χ1v) is 6.55. The molecule has 0 aromatic heterocycles. The Hall–Kier alpha value is -2.35. The molecule has 5 nitrogen and oxygen atoms in total. The summed E-state index contributed by atoms with van der Waals surface area (Å²) in [6, 6.07) is 7.14. The number of nitrogens with zero attached hydrogens (tertiary/aromatic N) is 2. The summed E-state index contributed by atoms with van der Waals surface area (Å²) in [5, 5.41) is 18.2. The van der Waals surface area contributed by atoms with Gasteiger partial charge >= 0.3 is 5.97 Å². The lowest BCUT2D eigenvalue weighted by Crippen LogP contribution is -2.36. The van der Waals surface area contributed by atoms with Gasteiger partial charge in [0.25, 0.3) is 0 Å². The number of anilines is 1. The Morgan fingerprint density at radius 1 is 1.35 bits per heavy atom. The minimum atomic E-state index is -0.761. The number of hydrogen-bond donors (Lipinski definition) is 1. The first-order chi connectivity index (χ1) is 9.52. The fraction of sp³-hybridized carbons (Fsp3) is 0.400. The number of ketones is 1. The number of carbonyl (C=O) groups is 2. The molecule has 0 atom stereocenters. The monoisotopic (exact) mass is 272 g/mol. The van der Waals surface area contributed by atoms with Gasteiger partial charge in [0.05, 0.1) is 17.2 Å². The van der Waals surface area contributed by atoms with Gasteiger partial charge in [-0.15, -0.1) is 0 Å². The Labute approximate surface area is 117 Å². The minimum absolute atomic E-state index is 0.0452. The summed E-state index contributed by atoms with van der Waals surface area (Å²) in [5.74, 6) is -1.12. The van der Waals surface area contributed by atoms with Crippen LogP contribution in [0.1, 0.15) is 35.7 Å². The Kier molecular flexibility index (Phi) is 4.04. The van der Waals surface area contributed by atoms with E-state index < -0.39 is 5.97 Å². The highest BCUT2D eigenvalue weighted by Gasteiger charge is 2.25. The van der Waals surface area contributed by atoms with Crippen molar-refractivity contribution in [1.82, 2.24) is 0 Å². The van der Waals surface area contributed by atoms with Gasteiger partial charge in [-0.25, -0.2) is 0 Å². The molecular formula is C15H16N2O3. The van der Waals surface area contributed by atoms with Crippen LogP contribution in [0.25, 0.3) is 0 Å². The van der Waals surface area contributed by atoms with Gasteiger partial charge < -0.3 is 10.0 Å². The minimum Gasteiger partial charge on any atom is -0.481 e. The van der Waals surface area contributed by atoms with Crippen LogP contribution >= 0.6 is 0 Å². The van der Waals surface area contributed by atoms with E-state index in [4.69, 9.17) is 10.4 Å². The van der Waals surface area contributed by atoms with Crippen LogP contribution in [0, 0.1) is 17.2 Å². The third-order valence-electron chi connectivity index (χ3n) is 3.71. The second-order valence-electron chi connectivity index (χ2n) is 5.00. The largest absolute Gasteiger partial charge is 0.481 e. The number of piperidine rings is 1. The molecule has 5 heteroatoms. The van der Waals surface area contributed by atoms with Crippen molar-refractivity contribution in [3.05, 3.63) is 29.3 Å². The van der Waals surface area contributed by atoms with Crippen LogP contribution in [0.4, 0.5) is 5.69 Å². The van der Waals surface area contributed by atoms with Gasteiger partial charge in [-0.3, -0.25) is 9.59 Å². The summed E-state index contributed by atoms with van der Waals surface area (Å²) in [6.07, 6.45) is 1.12. The summed E-state index contributed by atoms with van der Waals surface area (Å²) >= 11 is 0. The quantitative estimate of drug-likeness (QED) is 0.852. The average molecular weight is 272 g/mol. The maximum absolute atomic E-state index is 11.4. The maximum Gasteiger partial charge on any atom is 0.306 e. The van der Waals surface area contributed by atoms with E-state index in [-0.39, 0.29) is 11.7 Å². The number of benzene rings is 1. The lowest BCUT2D eigenvalue weighted by Gasteiger charge is -2.32. The zero-order valence-electron chi connectivity index (χ0n) is 11.3. The highest BCUT2D eigenvalue weighted by Crippen LogP contribution is 2.27. The van der Waals surface area contributed by atoms with E-state index in [1.165, 1.54) is 6.92 Å². The van der Waals surface area contributed by atoms with E-state index in [0.29, 0.717) is 37.1 Å². The molecule has 20 heavy (non-hydrogen) atoms. The van der Waals surface area contributed by atoms with Crippen molar-refractivity contribution >= 4 is 17.4 Å². The summed E-state index contributed by atoms with van der Waals surface area (Å²) in [5.41, 5.74) is 1.81. The normalized spacial score (nSPS) is 15.7. The topological polar surface area (TPSA) is 81.4 Å². The molecule has 1 heterocycles. The fourth-order valence-electron chi connectivity index (χ4n) is 2.47. The van der Waals surface area contributed by atoms with E-state index in [2.05, 4.69) is 6.07 Å². The van der Waals surface area contributed by atoms with Gasteiger partial charge in [0.2, 0.25) is 0 Å². The maximum atomic E-state index is 11.4. The van der Waals surface area contributed by atoms with Crippen molar-refractivity contribution in [2.24, 2.45) is 5.92 Å². The molecule has 1 aliphatic heterocycles. The predicted molar refractivity (Wildman–Crippen MR) is 73.7 cm³/mol. The lowest BCUT2D eigenvalue weighted by molar-refractivity contribution is -0.142. The summed E-state index contributed by atoms with van der Waals surface area (Å²) in [6.45, 7) is 2.67. The van der Waals surface area contributed by atoms with Crippen LogP contribution in [0.5, 0.6) is 0 Å². The lowest BCUT2D eigenvalue weighted by atomic mass is 9.95. The molecule has 0 radical (unpaired) electrons. The van der Waals surface area contributed by atoms with E-state index >= 15 is 0 Å². The summed E-state index contributed by atoms with van der Waals surface area (Å²) in [7, 11) is 0. The van der Waals surface area contributed by atoms with Crippen molar-refractivity contribution in [2.75, 3.05) is 18.0 Å². The van der Waals surface area contributed by atoms with Gasteiger partial charge in [-0.05, 0) is 38.0 Å². The number of carbonyl (C=O) groups excluding carboxylic acids is 1. The third kappa shape index (κ3) is 2.80. The molecule has 0 saturated carbocycles. The molecular weight excluding hydrogens is 256 g/mol. The van der Waals surface area contributed by atoms with Crippen molar-refractivity contribution in [3.63, 3.8) is 0 Å². The molecule has 2 rings (SSSR count). The number of nitriles is 1. The van der Waals surface area contributed by atoms with E-state index in [9.17, 15) is 9.59 Å². The number of Topliss-reactive ketones (excluding diaryl/α,β-unsaturated/α-hetero) is 1. The Balaban J connectivity index is 2.24. The van der Waals surface area contributed by atoms with Crippen LogP contribution in [-0.2, 0) is 4.79 Å². The molecule has 0 bridgehead atoms. The van der Waals surface area contributed by atoms with E-state index in [1.807, 2.05) is 4.90 Å². The molecule has 1 aromatic rings. The number of carboxylic acid groups (broad SMARTS) is 1. The highest BCUT2D eigenvalue weighted by atomic mass is 16.4. The second-order valence-corrected chi connectivity index (χ2v) is 5.00. The first-order valence-electron chi connectivity index (χ1n) is 6.55. The fourth-order valence-corrected chi connectivity index (χ4v) is 2.47. The SMILES string of the molecule is CC(=O)c1ccc(C#N)c(N2CCC(C(=O)O)CC2)c1. The van der Waals surface area contributed by atoms with Gasteiger partial charge in [0, 0.05) is 18.7 Å². The number of aliphatic carboxylic acids is 1. The smallest absolute Gasteiger partial charge is 0.306 e. The molecule has 0 unspecified atom stereocenters. The van der Waals surface area contributed by atoms with Gasteiger partial charge in [0.1, 0.15) is 6.07 Å². The Morgan fingerprint density at radius 3 is 2.50 bits per heavy atom. The first kappa shape index (κ1) is 14.1. The Morgan fingerprint density at radius 2 is 2.00 bits per heavy atom. The Bertz CT molecular complexity index is 581. The molecule has 1 N–H and O–H groups in total. The molecule has 0 spiro atoms. The van der Waals surface area contributed by atoms with Crippen LogP contribution in [0.2, 0.25) is 0 Å². The molecule has 0 aliphatic carbocycles. The van der Waals surface area contributed by atoms with E-state index in [0.717, 1.165) is 5.69 Å². The van der Waals surface area contributed by atoms with Gasteiger partial charge in [-0.2, -0.15) is 5.26 Å². The molecule has 1 fully saturated rings. The summed E-state index contributed by atoms with van der Waals surface area (Å²) < 4.78 is 0. The molecule has 0 amide bonds. The molecule has 1 aromatic carbocycles. The van der Waals surface area contributed by atoms with Crippen molar-refractivity contribution in [1.29, 1.82) is 5.26 Å². The van der Waals surface area contributed by atoms with Crippen LogP contribution in [0.15, 0.2) is 18.2 Å². The van der Waals surface area contributed by atoms with Crippen molar-refractivity contribution in [2.45, 2.75) is 19.8 Å². The predicted octanol–water partition coefficient (Wildman–Crippen LogP) is 2.06. The highest BCUT2D eigenvalue weighted by molar-refractivity contribution is 5.95. The van der Waals surface area contributed by atoms with Crippen molar-refractivity contribution in [3.8, 4) is 6.07 Å². The zero-order chi connectivity index (χ0) is 14.7. The van der Waals surface area contributed by atoms with E-state index in [1.54, 1.807) is 18.2 Å². The third-order valence-corrected chi connectivity index (χ3v) is 3.71. The summed E-state index contributed by atoms with van der Waals surface area (Å²) in [4.78, 5) is 24.4. The van der Waals surface area contributed by atoms with Crippen LogP contribution < -0.4 is 4.90 Å². The standard InChI is InChI=1S/C15H16N2O3/c1-10(18)12-2-3-13(9-16)14(8-12)17-6-4-11(5-7-17)15(19)20/h2-3,8,11H,4-7H2,1H3,(H,19,20). The second kappa shape index (κ2) is 5.74. The zero-order valence-corrected chi connectivity index (χ0v) is 11.3. The molecule has 1 saturated heterocycles. The van der Waals surface area contributed by atoms with Crippen LogP contribution in [0.3, 0.4) is 0 Å².